The van der Waals surface area contributed by atoms with E-state index >= 15 is 0 Å². The van der Waals surface area contributed by atoms with Crippen LogP contribution in [0.3, 0.4) is 0 Å². The average Bonchev–Trinajstić information content (AvgIpc) is 2.62. The number of anilines is 1. The van der Waals surface area contributed by atoms with Crippen molar-refractivity contribution in [2.75, 3.05) is 19.0 Å². The van der Waals surface area contributed by atoms with Gasteiger partial charge in [0.1, 0.15) is 18.1 Å². The number of amides is 1. The predicted molar refractivity (Wildman–Crippen MR) is 92.1 cm³/mol. The molecule has 0 radical (unpaired) electrons. The van der Waals surface area contributed by atoms with Crippen LogP contribution in [0.2, 0.25) is 0 Å². The number of carboxylic acid groups (broad SMARTS) is 1. The number of carbonyl (C=O) groups excluding carboxylic acids is 1. The monoisotopic (exact) mass is 341 g/mol. The number of aliphatic carboxylic acids is 1. The summed E-state index contributed by atoms with van der Waals surface area (Å²) in [5.41, 5.74) is 2.27. The highest BCUT2D eigenvalue weighted by Crippen LogP contribution is 2.31. The van der Waals surface area contributed by atoms with E-state index in [1.165, 1.54) is 0 Å². The van der Waals surface area contributed by atoms with Crippen LogP contribution in [0.1, 0.15) is 11.1 Å². The van der Waals surface area contributed by atoms with Crippen molar-refractivity contribution in [3.05, 3.63) is 53.6 Å². The van der Waals surface area contributed by atoms with Gasteiger partial charge in [0.2, 0.25) is 5.91 Å². The zero-order valence-electron chi connectivity index (χ0n) is 13.8. The second-order valence-corrected chi connectivity index (χ2v) is 5.94. The van der Waals surface area contributed by atoms with Crippen molar-refractivity contribution < 1.29 is 24.2 Å². The fraction of sp³-hybridized carbons (Fsp3) is 0.263. The smallest absolute Gasteiger partial charge is 0.307 e. The van der Waals surface area contributed by atoms with Crippen LogP contribution in [0.15, 0.2) is 42.5 Å². The van der Waals surface area contributed by atoms with Gasteiger partial charge in [-0.3, -0.25) is 9.59 Å². The van der Waals surface area contributed by atoms with E-state index in [0.29, 0.717) is 24.3 Å². The second-order valence-electron chi connectivity index (χ2n) is 5.94. The molecule has 6 heteroatoms. The fourth-order valence-electron chi connectivity index (χ4n) is 2.79. The fourth-order valence-corrected chi connectivity index (χ4v) is 2.79. The van der Waals surface area contributed by atoms with Crippen LogP contribution in [0.5, 0.6) is 11.5 Å². The molecule has 1 unspecified atom stereocenters. The minimum Gasteiger partial charge on any atom is -0.497 e. The van der Waals surface area contributed by atoms with Gasteiger partial charge >= 0.3 is 5.97 Å². The van der Waals surface area contributed by atoms with Gasteiger partial charge in [-0.25, -0.2) is 0 Å². The summed E-state index contributed by atoms with van der Waals surface area (Å²) in [6, 6.07) is 12.4. The lowest BCUT2D eigenvalue weighted by Gasteiger charge is -2.25. The lowest BCUT2D eigenvalue weighted by molar-refractivity contribution is -0.136. The molecule has 0 fully saturated rings. The summed E-state index contributed by atoms with van der Waals surface area (Å²) < 4.78 is 10.9. The molecule has 1 atom stereocenters. The molecule has 3 rings (SSSR count). The molecule has 6 nitrogen and oxygen atoms in total. The highest BCUT2D eigenvalue weighted by Gasteiger charge is 2.26. The number of rotatable bonds is 5. The summed E-state index contributed by atoms with van der Waals surface area (Å²) in [7, 11) is 1.60. The van der Waals surface area contributed by atoms with Gasteiger partial charge in [-0.05, 0) is 47.9 Å². The van der Waals surface area contributed by atoms with Gasteiger partial charge in [-0.2, -0.15) is 0 Å². The molecule has 0 saturated heterocycles. The Morgan fingerprint density at radius 1 is 1.24 bits per heavy atom. The highest BCUT2D eigenvalue weighted by molar-refractivity contribution is 5.93. The summed E-state index contributed by atoms with van der Waals surface area (Å²) in [6.45, 7) is 0.322. The van der Waals surface area contributed by atoms with Crippen LogP contribution in [0.4, 0.5) is 5.69 Å². The Morgan fingerprint density at radius 2 is 2.00 bits per heavy atom. The van der Waals surface area contributed by atoms with Gasteiger partial charge in [0, 0.05) is 5.69 Å². The first kappa shape index (κ1) is 16.8. The molecule has 2 aromatic rings. The zero-order valence-corrected chi connectivity index (χ0v) is 13.8. The van der Waals surface area contributed by atoms with E-state index < -0.39 is 5.97 Å². The van der Waals surface area contributed by atoms with E-state index in [9.17, 15) is 9.59 Å². The van der Waals surface area contributed by atoms with E-state index in [-0.39, 0.29) is 18.2 Å². The Morgan fingerprint density at radius 3 is 2.68 bits per heavy atom. The van der Waals surface area contributed by atoms with E-state index in [2.05, 4.69) is 5.32 Å². The molecule has 0 saturated carbocycles. The normalized spacial score (nSPS) is 15.6. The van der Waals surface area contributed by atoms with Gasteiger partial charge < -0.3 is 19.9 Å². The number of ether oxygens (including phenoxy) is 2. The van der Waals surface area contributed by atoms with Crippen molar-refractivity contribution in [3.8, 4) is 11.5 Å². The SMILES string of the molecule is COc1ccc2c(c1)CC(C(=O)Nc1ccc(CC(=O)O)cc1)CO2. The number of methoxy groups -OCH3 is 1. The van der Waals surface area contributed by atoms with Crippen molar-refractivity contribution in [2.45, 2.75) is 12.8 Å². The lowest BCUT2D eigenvalue weighted by atomic mass is 9.95. The van der Waals surface area contributed by atoms with E-state index in [1.54, 1.807) is 31.4 Å². The molecule has 25 heavy (non-hydrogen) atoms. The molecule has 1 heterocycles. The minimum atomic E-state index is -0.884. The number of fused-ring (bicyclic) bond motifs is 1. The van der Waals surface area contributed by atoms with Crippen LogP contribution in [0, 0.1) is 5.92 Å². The molecule has 1 aliphatic rings. The third-order valence-corrected chi connectivity index (χ3v) is 4.12. The second kappa shape index (κ2) is 7.25. The maximum atomic E-state index is 12.5. The van der Waals surface area contributed by atoms with Crippen LogP contribution in [-0.4, -0.2) is 30.7 Å². The van der Waals surface area contributed by atoms with Crippen molar-refractivity contribution in [3.63, 3.8) is 0 Å². The molecular formula is C19H19NO5. The molecule has 0 bridgehead atoms. The number of nitrogens with one attached hydrogen (secondary N) is 1. The first-order valence-electron chi connectivity index (χ1n) is 7.96. The molecule has 0 aliphatic carbocycles. The van der Waals surface area contributed by atoms with Gasteiger partial charge in [0.05, 0.1) is 19.4 Å². The maximum absolute atomic E-state index is 12.5. The summed E-state index contributed by atoms with van der Waals surface area (Å²) in [6.07, 6.45) is 0.540. The Hall–Kier alpha value is -3.02. The van der Waals surface area contributed by atoms with Crippen molar-refractivity contribution in [1.29, 1.82) is 0 Å². The summed E-state index contributed by atoms with van der Waals surface area (Å²) in [5.74, 6) is 0.211. The van der Waals surface area contributed by atoms with Gasteiger partial charge in [0.15, 0.2) is 0 Å². The predicted octanol–water partition coefficient (Wildman–Crippen LogP) is 2.51. The summed E-state index contributed by atoms with van der Waals surface area (Å²) in [5, 5.41) is 11.6. The zero-order chi connectivity index (χ0) is 17.8. The molecule has 0 aromatic heterocycles. The molecule has 1 amide bonds. The maximum Gasteiger partial charge on any atom is 0.307 e. The topological polar surface area (TPSA) is 84.9 Å². The first-order chi connectivity index (χ1) is 12.0. The molecule has 0 spiro atoms. The Labute approximate surface area is 145 Å². The minimum absolute atomic E-state index is 0.0384. The lowest BCUT2D eigenvalue weighted by Crippen LogP contribution is -2.32. The summed E-state index contributed by atoms with van der Waals surface area (Å²) >= 11 is 0. The molecule has 130 valence electrons. The Bertz CT molecular complexity index is 785. The van der Waals surface area contributed by atoms with Crippen molar-refractivity contribution in [1.82, 2.24) is 0 Å². The van der Waals surface area contributed by atoms with Crippen LogP contribution in [0.25, 0.3) is 0 Å². The molecule has 2 N–H and O–H groups in total. The number of hydrogen-bond donors (Lipinski definition) is 2. The van der Waals surface area contributed by atoms with Crippen LogP contribution in [-0.2, 0) is 22.4 Å². The van der Waals surface area contributed by atoms with Gasteiger partial charge in [-0.15, -0.1) is 0 Å². The highest BCUT2D eigenvalue weighted by atomic mass is 16.5. The van der Waals surface area contributed by atoms with Gasteiger partial charge in [-0.1, -0.05) is 12.1 Å². The van der Waals surface area contributed by atoms with Crippen LogP contribution < -0.4 is 14.8 Å². The first-order valence-corrected chi connectivity index (χ1v) is 7.96. The van der Waals surface area contributed by atoms with E-state index in [0.717, 1.165) is 17.1 Å². The van der Waals surface area contributed by atoms with Gasteiger partial charge in [0.25, 0.3) is 0 Å². The quantitative estimate of drug-likeness (QED) is 0.873. The molecular weight excluding hydrogens is 322 g/mol. The summed E-state index contributed by atoms with van der Waals surface area (Å²) in [4.78, 5) is 23.2. The van der Waals surface area contributed by atoms with Crippen LogP contribution >= 0.6 is 0 Å². The molecule has 2 aromatic carbocycles. The number of benzene rings is 2. The Balaban J connectivity index is 1.64. The molecule has 1 aliphatic heterocycles. The van der Waals surface area contributed by atoms with E-state index in [4.69, 9.17) is 14.6 Å². The van der Waals surface area contributed by atoms with Crippen molar-refractivity contribution >= 4 is 17.6 Å². The average molecular weight is 341 g/mol. The third-order valence-electron chi connectivity index (χ3n) is 4.12. The number of hydrogen-bond acceptors (Lipinski definition) is 4. The standard InChI is InChI=1S/C19H19NO5/c1-24-16-6-7-17-13(10-16)9-14(11-25-17)19(23)20-15-4-2-12(3-5-15)8-18(21)22/h2-7,10,14H,8-9,11H2,1H3,(H,20,23)(H,21,22). The van der Waals surface area contributed by atoms with Crippen molar-refractivity contribution in [2.24, 2.45) is 5.92 Å². The third kappa shape index (κ3) is 4.09. The van der Waals surface area contributed by atoms with E-state index in [1.807, 2.05) is 18.2 Å². The number of carboxylic acids is 1. The number of carbonyl (C=O) groups is 2. The largest absolute Gasteiger partial charge is 0.497 e. The Kier molecular flexibility index (Phi) is 4.88.